The Balaban J connectivity index is 1.52. The molecule has 2 aromatic heterocycles. The Morgan fingerprint density at radius 2 is 2.10 bits per heavy atom. The first-order chi connectivity index (χ1) is 15.1. The van der Waals surface area contributed by atoms with E-state index in [2.05, 4.69) is 64.5 Å². The summed E-state index contributed by atoms with van der Waals surface area (Å²) in [5, 5.41) is 8.24. The minimum Gasteiger partial charge on any atom is -0.354 e. The van der Waals surface area contributed by atoms with Crippen LogP contribution in [-0.4, -0.2) is 28.0 Å². The molecule has 3 heterocycles. The lowest BCUT2D eigenvalue weighted by Gasteiger charge is -2.25. The number of pyridine rings is 1. The van der Waals surface area contributed by atoms with Crippen LogP contribution in [0.4, 0.5) is 0 Å². The lowest BCUT2D eigenvalue weighted by atomic mass is 9.94. The number of carbonyl (C=O) groups excluding carboxylic acids is 1. The van der Waals surface area contributed by atoms with Crippen LogP contribution in [0.1, 0.15) is 56.0 Å². The van der Waals surface area contributed by atoms with Crippen molar-refractivity contribution in [2.24, 2.45) is 11.8 Å². The number of amides is 1. The highest BCUT2D eigenvalue weighted by Gasteiger charge is 2.31. The minimum atomic E-state index is -0.205. The van der Waals surface area contributed by atoms with Crippen molar-refractivity contribution in [2.45, 2.75) is 58.2 Å². The lowest BCUT2D eigenvalue weighted by molar-refractivity contribution is -0.123. The molecule has 0 unspecified atom stereocenters. The molecule has 162 valence electrons. The molecular weight excluding hydrogens is 384 g/mol. The molecule has 5 heteroatoms. The zero-order valence-corrected chi connectivity index (χ0v) is 18.5. The van der Waals surface area contributed by atoms with E-state index in [4.69, 9.17) is 0 Å². The maximum absolute atomic E-state index is 13.1. The largest absolute Gasteiger partial charge is 0.354 e. The van der Waals surface area contributed by atoms with Gasteiger partial charge in [-0.25, -0.2) is 0 Å². The molecule has 0 saturated heterocycles. The van der Waals surface area contributed by atoms with Gasteiger partial charge in [0.2, 0.25) is 5.91 Å². The summed E-state index contributed by atoms with van der Waals surface area (Å²) in [5.41, 5.74) is 4.85. The standard InChI is InChI=1S/C26H32N4O/c1-17(2)12-22-21-7-5-8-24-25(21)19(15-30(24)16-20-6-3-4-11-27-20)13-23(29-22)26(31)28-14-18-9-10-18/h3-8,11,15,17-18,22-23,29H,9-10,12-14,16H2,1-2H3,(H,28,31)/t22-,23-/m0/s1. The van der Waals surface area contributed by atoms with Crippen molar-refractivity contribution in [3.8, 4) is 0 Å². The molecule has 1 aromatic carbocycles. The molecule has 0 spiro atoms. The lowest BCUT2D eigenvalue weighted by Crippen LogP contribution is -2.46. The fourth-order valence-corrected chi connectivity index (χ4v) is 4.85. The number of hydrogen-bond acceptors (Lipinski definition) is 3. The maximum atomic E-state index is 13.1. The van der Waals surface area contributed by atoms with Crippen molar-refractivity contribution in [1.82, 2.24) is 20.2 Å². The summed E-state index contributed by atoms with van der Waals surface area (Å²) in [6.07, 6.45) is 8.31. The number of aromatic nitrogens is 2. The van der Waals surface area contributed by atoms with Gasteiger partial charge in [-0.2, -0.15) is 0 Å². The van der Waals surface area contributed by atoms with Crippen LogP contribution in [0.2, 0.25) is 0 Å². The summed E-state index contributed by atoms with van der Waals surface area (Å²) in [7, 11) is 0. The first-order valence-electron chi connectivity index (χ1n) is 11.6. The van der Waals surface area contributed by atoms with Crippen LogP contribution in [0.15, 0.2) is 48.8 Å². The number of nitrogens with one attached hydrogen (secondary N) is 2. The van der Waals surface area contributed by atoms with Crippen LogP contribution in [0.5, 0.6) is 0 Å². The van der Waals surface area contributed by atoms with Crippen molar-refractivity contribution in [3.63, 3.8) is 0 Å². The molecule has 5 rings (SSSR count). The summed E-state index contributed by atoms with van der Waals surface area (Å²) in [6.45, 7) is 6.06. The summed E-state index contributed by atoms with van der Waals surface area (Å²) in [5.74, 6) is 1.36. The summed E-state index contributed by atoms with van der Waals surface area (Å²) >= 11 is 0. The topological polar surface area (TPSA) is 59.0 Å². The Hall–Kier alpha value is -2.66. The van der Waals surface area contributed by atoms with E-state index in [1.807, 2.05) is 18.3 Å². The molecule has 0 bridgehead atoms. The third-order valence-electron chi connectivity index (χ3n) is 6.56. The second-order valence-corrected chi connectivity index (χ2v) is 9.64. The zero-order valence-electron chi connectivity index (χ0n) is 18.5. The van der Waals surface area contributed by atoms with Gasteiger partial charge in [-0.15, -0.1) is 0 Å². The highest BCUT2D eigenvalue weighted by Crippen LogP contribution is 2.36. The van der Waals surface area contributed by atoms with Gasteiger partial charge in [0.25, 0.3) is 0 Å². The number of hydrogen-bond donors (Lipinski definition) is 2. The van der Waals surface area contributed by atoms with E-state index in [0.29, 0.717) is 18.3 Å². The van der Waals surface area contributed by atoms with E-state index in [0.717, 1.165) is 25.2 Å². The summed E-state index contributed by atoms with van der Waals surface area (Å²) < 4.78 is 2.30. The Labute approximate surface area is 184 Å². The van der Waals surface area contributed by atoms with Gasteiger partial charge < -0.3 is 9.88 Å². The van der Waals surface area contributed by atoms with Crippen LogP contribution in [0.3, 0.4) is 0 Å². The molecule has 1 fully saturated rings. The van der Waals surface area contributed by atoms with Crippen molar-refractivity contribution >= 4 is 16.8 Å². The van der Waals surface area contributed by atoms with Gasteiger partial charge >= 0.3 is 0 Å². The van der Waals surface area contributed by atoms with Gasteiger partial charge in [0, 0.05) is 35.9 Å². The van der Waals surface area contributed by atoms with Gasteiger partial charge in [0.05, 0.1) is 18.3 Å². The smallest absolute Gasteiger partial charge is 0.237 e. The van der Waals surface area contributed by atoms with Crippen LogP contribution < -0.4 is 10.6 Å². The summed E-state index contributed by atoms with van der Waals surface area (Å²) in [4.78, 5) is 17.6. The zero-order chi connectivity index (χ0) is 21.4. The normalized spacial score (nSPS) is 20.7. The van der Waals surface area contributed by atoms with Crippen LogP contribution in [-0.2, 0) is 17.8 Å². The van der Waals surface area contributed by atoms with Crippen LogP contribution in [0, 0.1) is 11.8 Å². The van der Waals surface area contributed by atoms with Gasteiger partial charge in [-0.05, 0) is 66.8 Å². The van der Waals surface area contributed by atoms with Gasteiger partial charge in [0.15, 0.2) is 0 Å². The van der Waals surface area contributed by atoms with Crippen molar-refractivity contribution < 1.29 is 4.79 Å². The molecule has 2 atom stereocenters. The number of carbonyl (C=O) groups is 1. The maximum Gasteiger partial charge on any atom is 0.237 e. The number of benzene rings is 1. The van der Waals surface area contributed by atoms with Crippen molar-refractivity contribution in [3.05, 3.63) is 65.6 Å². The molecule has 3 aromatic rings. The second kappa shape index (κ2) is 8.46. The molecule has 2 aliphatic rings. The Morgan fingerprint density at radius 3 is 2.84 bits per heavy atom. The third-order valence-corrected chi connectivity index (χ3v) is 6.56. The number of rotatable bonds is 7. The first-order valence-corrected chi connectivity index (χ1v) is 11.6. The van der Waals surface area contributed by atoms with E-state index < -0.39 is 0 Å². The van der Waals surface area contributed by atoms with E-state index in [-0.39, 0.29) is 18.0 Å². The molecule has 1 saturated carbocycles. The first kappa shape index (κ1) is 20.3. The number of nitrogens with zero attached hydrogens (tertiary/aromatic N) is 2. The average molecular weight is 417 g/mol. The summed E-state index contributed by atoms with van der Waals surface area (Å²) in [6, 6.07) is 12.6. The molecule has 2 N–H and O–H groups in total. The molecule has 31 heavy (non-hydrogen) atoms. The molecular formula is C26H32N4O. The quantitative estimate of drug-likeness (QED) is 0.607. The van der Waals surface area contributed by atoms with E-state index in [1.54, 1.807) is 0 Å². The highest BCUT2D eigenvalue weighted by atomic mass is 16.2. The predicted molar refractivity (Wildman–Crippen MR) is 124 cm³/mol. The predicted octanol–water partition coefficient (Wildman–Crippen LogP) is 4.21. The SMILES string of the molecule is CC(C)C[C@@H]1N[C@H](C(=O)NCC2CC2)Cc2cn(Cc3ccccn3)c3cccc1c23. The Kier molecular flexibility index (Phi) is 5.53. The average Bonchev–Trinajstić information content (AvgIpc) is 3.55. The fraction of sp³-hybridized carbons (Fsp3) is 0.462. The monoisotopic (exact) mass is 416 g/mol. The van der Waals surface area contributed by atoms with Crippen LogP contribution in [0.25, 0.3) is 10.9 Å². The highest BCUT2D eigenvalue weighted by molar-refractivity contribution is 5.90. The Morgan fingerprint density at radius 1 is 1.23 bits per heavy atom. The van der Waals surface area contributed by atoms with E-state index in [1.165, 1.54) is 34.9 Å². The van der Waals surface area contributed by atoms with Crippen molar-refractivity contribution in [2.75, 3.05) is 6.54 Å². The molecule has 0 radical (unpaired) electrons. The Bertz CT molecular complexity index is 1070. The second-order valence-electron chi connectivity index (χ2n) is 9.64. The molecule has 5 nitrogen and oxygen atoms in total. The van der Waals surface area contributed by atoms with E-state index >= 15 is 0 Å². The molecule has 1 amide bonds. The third kappa shape index (κ3) is 4.38. The molecule has 1 aliphatic heterocycles. The van der Waals surface area contributed by atoms with Crippen LogP contribution >= 0.6 is 0 Å². The van der Waals surface area contributed by atoms with E-state index in [9.17, 15) is 4.79 Å². The fourth-order valence-electron chi connectivity index (χ4n) is 4.85. The van der Waals surface area contributed by atoms with Crippen molar-refractivity contribution in [1.29, 1.82) is 0 Å². The van der Waals surface area contributed by atoms with Gasteiger partial charge in [-0.3, -0.25) is 15.1 Å². The van der Waals surface area contributed by atoms with Gasteiger partial charge in [-0.1, -0.05) is 32.0 Å². The minimum absolute atomic E-state index is 0.138. The molecule has 1 aliphatic carbocycles. The van der Waals surface area contributed by atoms with Gasteiger partial charge in [0.1, 0.15) is 0 Å².